The third kappa shape index (κ3) is 5.91. The average molecular weight is 451 g/mol. The van der Waals surface area contributed by atoms with E-state index in [2.05, 4.69) is 20.4 Å². The summed E-state index contributed by atoms with van der Waals surface area (Å²) in [6, 6.07) is 0. The lowest BCUT2D eigenvalue weighted by Crippen LogP contribution is -2.40. The minimum atomic E-state index is -0.458. The molecule has 8 nitrogen and oxygen atoms in total. The first-order valence-corrected chi connectivity index (χ1v) is 7.76. The standard InChI is InChI=1S/C15H25N5O3.HI/c1-10-18-12(23-19-10)8-17-14(16-5)20-7-6-11(9-20)13(21)22-15(2,3)4;/h11H,6-9H2,1-5H3,(H,16,17);1H. The van der Waals surface area contributed by atoms with Gasteiger partial charge in [-0.1, -0.05) is 5.16 Å². The number of halogens is 1. The fourth-order valence-electron chi connectivity index (χ4n) is 2.43. The van der Waals surface area contributed by atoms with E-state index in [1.807, 2.05) is 25.7 Å². The molecule has 0 aliphatic carbocycles. The van der Waals surface area contributed by atoms with Gasteiger partial charge >= 0.3 is 5.97 Å². The summed E-state index contributed by atoms with van der Waals surface area (Å²) >= 11 is 0. The summed E-state index contributed by atoms with van der Waals surface area (Å²) in [4.78, 5) is 22.6. The van der Waals surface area contributed by atoms with Gasteiger partial charge in [-0.15, -0.1) is 24.0 Å². The zero-order valence-corrected chi connectivity index (χ0v) is 17.2. The van der Waals surface area contributed by atoms with Crippen LogP contribution in [0.2, 0.25) is 0 Å². The lowest BCUT2D eigenvalue weighted by molar-refractivity contribution is -0.159. The molecule has 1 saturated heterocycles. The minimum Gasteiger partial charge on any atom is -0.460 e. The lowest BCUT2D eigenvalue weighted by Gasteiger charge is -2.23. The molecule has 0 bridgehead atoms. The molecule has 0 spiro atoms. The molecule has 0 aromatic carbocycles. The highest BCUT2D eigenvalue weighted by atomic mass is 127. The number of nitrogens with zero attached hydrogens (tertiary/aromatic N) is 4. The Kier molecular flexibility index (Phi) is 7.43. The zero-order chi connectivity index (χ0) is 17.0. The number of aryl methyl sites for hydroxylation is 1. The van der Waals surface area contributed by atoms with Gasteiger partial charge in [0.05, 0.1) is 12.5 Å². The topological polar surface area (TPSA) is 92.9 Å². The summed E-state index contributed by atoms with van der Waals surface area (Å²) in [5, 5.41) is 6.92. The van der Waals surface area contributed by atoms with E-state index in [-0.39, 0.29) is 35.9 Å². The maximum atomic E-state index is 12.2. The second-order valence-electron chi connectivity index (χ2n) is 6.60. The van der Waals surface area contributed by atoms with Crippen LogP contribution in [0.15, 0.2) is 9.52 Å². The monoisotopic (exact) mass is 451 g/mol. The van der Waals surface area contributed by atoms with Crippen molar-refractivity contribution in [3.05, 3.63) is 11.7 Å². The first-order valence-electron chi connectivity index (χ1n) is 7.76. The third-order valence-corrected chi connectivity index (χ3v) is 3.41. The van der Waals surface area contributed by atoms with Crippen LogP contribution in [-0.2, 0) is 16.1 Å². The number of guanidine groups is 1. The highest BCUT2D eigenvalue weighted by Crippen LogP contribution is 2.20. The maximum absolute atomic E-state index is 12.2. The molecule has 1 aliphatic heterocycles. The van der Waals surface area contributed by atoms with Gasteiger partial charge in [0.2, 0.25) is 5.89 Å². The number of ether oxygens (including phenoxy) is 1. The van der Waals surface area contributed by atoms with Crippen LogP contribution in [0.1, 0.15) is 38.9 Å². The van der Waals surface area contributed by atoms with Crippen molar-refractivity contribution in [2.75, 3.05) is 20.1 Å². The largest absolute Gasteiger partial charge is 0.460 e. The zero-order valence-electron chi connectivity index (χ0n) is 14.8. The van der Waals surface area contributed by atoms with Gasteiger partial charge in [-0.05, 0) is 34.1 Å². The molecule has 2 rings (SSSR count). The molecule has 1 unspecified atom stereocenters. The van der Waals surface area contributed by atoms with E-state index < -0.39 is 5.60 Å². The summed E-state index contributed by atoms with van der Waals surface area (Å²) < 4.78 is 10.5. The van der Waals surface area contributed by atoms with E-state index in [1.165, 1.54) is 0 Å². The Balaban J connectivity index is 0.00000288. The van der Waals surface area contributed by atoms with Gasteiger partial charge in [0.15, 0.2) is 11.8 Å². The van der Waals surface area contributed by atoms with Gasteiger partial charge in [-0.2, -0.15) is 4.98 Å². The van der Waals surface area contributed by atoms with Crippen molar-refractivity contribution in [2.45, 2.75) is 46.3 Å². The Hall–Kier alpha value is -1.39. The van der Waals surface area contributed by atoms with Crippen LogP contribution in [0.5, 0.6) is 0 Å². The molecule has 0 radical (unpaired) electrons. The first-order chi connectivity index (χ1) is 10.8. The molecule has 136 valence electrons. The number of nitrogens with one attached hydrogen (secondary N) is 1. The molecule has 0 amide bonds. The molecule has 1 aromatic rings. The molecule has 1 aliphatic rings. The van der Waals surface area contributed by atoms with E-state index in [0.29, 0.717) is 30.8 Å². The fraction of sp³-hybridized carbons (Fsp3) is 0.733. The van der Waals surface area contributed by atoms with Crippen LogP contribution in [0.3, 0.4) is 0 Å². The summed E-state index contributed by atoms with van der Waals surface area (Å²) in [6.45, 7) is 9.16. The van der Waals surface area contributed by atoms with Crippen molar-refractivity contribution in [3.63, 3.8) is 0 Å². The van der Waals surface area contributed by atoms with E-state index >= 15 is 0 Å². The molecule has 1 N–H and O–H groups in total. The predicted octanol–water partition coefficient (Wildman–Crippen LogP) is 1.74. The fourth-order valence-corrected chi connectivity index (χ4v) is 2.43. The van der Waals surface area contributed by atoms with Crippen LogP contribution in [0.4, 0.5) is 0 Å². The minimum absolute atomic E-state index is 0. The Morgan fingerprint density at radius 1 is 1.50 bits per heavy atom. The smallest absolute Gasteiger partial charge is 0.311 e. The van der Waals surface area contributed by atoms with Crippen molar-refractivity contribution in [2.24, 2.45) is 10.9 Å². The highest BCUT2D eigenvalue weighted by molar-refractivity contribution is 14.0. The van der Waals surface area contributed by atoms with Crippen molar-refractivity contribution in [3.8, 4) is 0 Å². The second kappa shape index (κ2) is 8.63. The highest BCUT2D eigenvalue weighted by Gasteiger charge is 2.33. The normalized spacial score (nSPS) is 18.3. The van der Waals surface area contributed by atoms with Crippen LogP contribution in [-0.4, -0.2) is 52.7 Å². The summed E-state index contributed by atoms with van der Waals surface area (Å²) in [5.74, 6) is 1.54. The molecule has 1 fully saturated rings. The molecular formula is C15H26IN5O3. The number of aromatic nitrogens is 2. The number of esters is 1. The Morgan fingerprint density at radius 3 is 2.75 bits per heavy atom. The Labute approximate surface area is 159 Å². The SMILES string of the molecule is CN=C(NCc1nc(C)no1)N1CCC(C(=O)OC(C)(C)C)C1.I. The molecular weight excluding hydrogens is 425 g/mol. The maximum Gasteiger partial charge on any atom is 0.311 e. The first kappa shape index (κ1) is 20.7. The Bertz CT molecular complexity index is 582. The van der Waals surface area contributed by atoms with Crippen LogP contribution in [0.25, 0.3) is 0 Å². The number of carbonyl (C=O) groups is 1. The summed E-state index contributed by atoms with van der Waals surface area (Å²) in [7, 11) is 1.71. The third-order valence-electron chi connectivity index (χ3n) is 3.41. The van der Waals surface area contributed by atoms with E-state index in [1.54, 1.807) is 14.0 Å². The Morgan fingerprint density at radius 2 is 2.21 bits per heavy atom. The number of likely N-dealkylation sites (tertiary alicyclic amines) is 1. The van der Waals surface area contributed by atoms with Crippen molar-refractivity contribution in [1.29, 1.82) is 0 Å². The molecule has 9 heteroatoms. The predicted molar refractivity (Wildman–Crippen MR) is 100 cm³/mol. The van der Waals surface area contributed by atoms with Crippen molar-refractivity contribution >= 4 is 35.9 Å². The van der Waals surface area contributed by atoms with Crippen molar-refractivity contribution in [1.82, 2.24) is 20.4 Å². The van der Waals surface area contributed by atoms with E-state index in [0.717, 1.165) is 13.0 Å². The number of hydrogen-bond acceptors (Lipinski definition) is 6. The summed E-state index contributed by atoms with van der Waals surface area (Å²) in [5.41, 5.74) is -0.458. The van der Waals surface area contributed by atoms with Gasteiger partial charge < -0.3 is 19.5 Å². The van der Waals surface area contributed by atoms with Crippen LogP contribution < -0.4 is 5.32 Å². The lowest BCUT2D eigenvalue weighted by atomic mass is 10.1. The van der Waals surface area contributed by atoms with E-state index in [4.69, 9.17) is 9.26 Å². The van der Waals surface area contributed by atoms with Gasteiger partial charge in [-0.25, -0.2) is 0 Å². The number of rotatable bonds is 3. The second-order valence-corrected chi connectivity index (χ2v) is 6.60. The quantitative estimate of drug-likeness (QED) is 0.324. The van der Waals surface area contributed by atoms with Crippen LogP contribution >= 0.6 is 24.0 Å². The molecule has 2 heterocycles. The van der Waals surface area contributed by atoms with Gasteiger partial charge in [0.1, 0.15) is 5.60 Å². The molecule has 1 aromatic heterocycles. The number of aliphatic imine (C=N–C) groups is 1. The van der Waals surface area contributed by atoms with Gasteiger partial charge in [0.25, 0.3) is 0 Å². The number of carbonyl (C=O) groups excluding carboxylic acids is 1. The van der Waals surface area contributed by atoms with Gasteiger partial charge in [-0.3, -0.25) is 9.79 Å². The molecule has 1 atom stereocenters. The number of hydrogen-bond donors (Lipinski definition) is 1. The molecule has 0 saturated carbocycles. The van der Waals surface area contributed by atoms with E-state index in [9.17, 15) is 4.79 Å². The van der Waals surface area contributed by atoms with Crippen LogP contribution in [0, 0.1) is 12.8 Å². The average Bonchev–Trinajstić information content (AvgIpc) is 3.07. The molecule has 24 heavy (non-hydrogen) atoms. The van der Waals surface area contributed by atoms with Crippen molar-refractivity contribution < 1.29 is 14.1 Å². The van der Waals surface area contributed by atoms with Gasteiger partial charge in [0, 0.05) is 20.1 Å². The summed E-state index contributed by atoms with van der Waals surface area (Å²) in [6.07, 6.45) is 0.759.